The van der Waals surface area contributed by atoms with Gasteiger partial charge in [-0.1, -0.05) is 48.0 Å². The van der Waals surface area contributed by atoms with E-state index in [1.54, 1.807) is 12.4 Å². The van der Waals surface area contributed by atoms with Crippen LogP contribution >= 0.6 is 0 Å². The van der Waals surface area contributed by atoms with Crippen LogP contribution in [0.4, 0.5) is 0 Å². The van der Waals surface area contributed by atoms with Gasteiger partial charge in [0.1, 0.15) is 0 Å². The lowest BCUT2D eigenvalue weighted by molar-refractivity contribution is 0.0951. The number of rotatable bonds is 4. The summed E-state index contributed by atoms with van der Waals surface area (Å²) in [5.41, 5.74) is 5.13. The fourth-order valence-electron chi connectivity index (χ4n) is 2.35. The van der Waals surface area contributed by atoms with E-state index in [1.165, 1.54) is 5.56 Å². The molecule has 0 atom stereocenters. The minimum atomic E-state index is -0.0793. The molecule has 1 N–H and O–H groups in total. The number of pyridine rings is 1. The molecule has 3 aromatic rings. The summed E-state index contributed by atoms with van der Waals surface area (Å²) in [5.74, 6) is -0.0793. The van der Waals surface area contributed by atoms with Gasteiger partial charge in [-0.3, -0.25) is 9.78 Å². The van der Waals surface area contributed by atoms with Gasteiger partial charge < -0.3 is 5.32 Å². The Bertz CT molecular complexity index is 778. The molecule has 1 aromatic heterocycles. The third-order valence-corrected chi connectivity index (χ3v) is 3.71. The smallest absolute Gasteiger partial charge is 0.251 e. The zero-order valence-electron chi connectivity index (χ0n) is 13.0. The highest BCUT2D eigenvalue weighted by molar-refractivity contribution is 5.94. The van der Waals surface area contributed by atoms with Crippen LogP contribution in [0.1, 0.15) is 21.5 Å². The molecule has 0 saturated heterocycles. The van der Waals surface area contributed by atoms with Crippen molar-refractivity contribution in [2.75, 3.05) is 0 Å². The lowest BCUT2D eigenvalue weighted by Gasteiger charge is -2.07. The number of hydrogen-bond acceptors (Lipinski definition) is 2. The number of nitrogens with zero attached hydrogens (tertiary/aromatic N) is 1. The molecule has 0 fully saturated rings. The Hall–Kier alpha value is -2.94. The van der Waals surface area contributed by atoms with Crippen LogP contribution in [0, 0.1) is 6.92 Å². The van der Waals surface area contributed by atoms with Crippen molar-refractivity contribution < 1.29 is 4.79 Å². The predicted octanol–water partition coefficient (Wildman–Crippen LogP) is 3.99. The fourth-order valence-corrected chi connectivity index (χ4v) is 2.35. The SMILES string of the molecule is Cc1ccc(-c2ccc(C(=O)NCc3cccnc3)cc2)cc1. The van der Waals surface area contributed by atoms with Crippen molar-refractivity contribution in [2.24, 2.45) is 0 Å². The van der Waals surface area contributed by atoms with Crippen LogP contribution < -0.4 is 5.32 Å². The first-order valence-electron chi connectivity index (χ1n) is 7.56. The zero-order chi connectivity index (χ0) is 16.1. The molecule has 0 aliphatic carbocycles. The van der Waals surface area contributed by atoms with E-state index in [9.17, 15) is 4.79 Å². The third kappa shape index (κ3) is 3.83. The van der Waals surface area contributed by atoms with Crippen LogP contribution in [0.3, 0.4) is 0 Å². The summed E-state index contributed by atoms with van der Waals surface area (Å²) in [6, 6.07) is 19.8. The average molecular weight is 302 g/mol. The molecular weight excluding hydrogens is 284 g/mol. The standard InChI is InChI=1S/C20H18N2O/c1-15-4-6-17(7-5-15)18-8-10-19(11-9-18)20(23)22-14-16-3-2-12-21-13-16/h2-13H,14H2,1H3,(H,22,23). The van der Waals surface area contributed by atoms with Crippen LogP contribution in [0.2, 0.25) is 0 Å². The molecule has 3 rings (SSSR count). The summed E-state index contributed by atoms with van der Waals surface area (Å²) in [6.45, 7) is 2.55. The number of carbonyl (C=O) groups excluding carboxylic acids is 1. The van der Waals surface area contributed by atoms with E-state index in [0.29, 0.717) is 12.1 Å². The van der Waals surface area contributed by atoms with E-state index in [-0.39, 0.29) is 5.91 Å². The van der Waals surface area contributed by atoms with Crippen molar-refractivity contribution in [2.45, 2.75) is 13.5 Å². The maximum Gasteiger partial charge on any atom is 0.251 e. The van der Waals surface area contributed by atoms with E-state index in [2.05, 4.69) is 41.5 Å². The van der Waals surface area contributed by atoms with Gasteiger partial charge in [0, 0.05) is 24.5 Å². The lowest BCUT2D eigenvalue weighted by Crippen LogP contribution is -2.22. The number of carbonyl (C=O) groups is 1. The molecule has 1 amide bonds. The van der Waals surface area contributed by atoms with Crippen LogP contribution in [0.25, 0.3) is 11.1 Å². The summed E-state index contributed by atoms with van der Waals surface area (Å²) in [5, 5.41) is 2.90. The van der Waals surface area contributed by atoms with E-state index in [4.69, 9.17) is 0 Å². The summed E-state index contributed by atoms with van der Waals surface area (Å²) in [6.07, 6.45) is 3.47. The number of amides is 1. The zero-order valence-corrected chi connectivity index (χ0v) is 13.0. The van der Waals surface area contributed by atoms with Crippen LogP contribution in [-0.4, -0.2) is 10.9 Å². The van der Waals surface area contributed by atoms with Gasteiger partial charge >= 0.3 is 0 Å². The van der Waals surface area contributed by atoms with Crippen LogP contribution in [0.15, 0.2) is 73.1 Å². The first-order chi connectivity index (χ1) is 11.2. The normalized spacial score (nSPS) is 10.3. The predicted molar refractivity (Wildman–Crippen MR) is 92.0 cm³/mol. The average Bonchev–Trinajstić information content (AvgIpc) is 2.61. The van der Waals surface area contributed by atoms with Gasteiger partial charge in [0.2, 0.25) is 0 Å². The lowest BCUT2D eigenvalue weighted by atomic mass is 10.0. The monoisotopic (exact) mass is 302 g/mol. The molecule has 2 aromatic carbocycles. The molecule has 0 spiro atoms. The Morgan fingerprint density at radius 3 is 2.22 bits per heavy atom. The van der Waals surface area contributed by atoms with E-state index < -0.39 is 0 Å². The van der Waals surface area contributed by atoms with Crippen molar-refractivity contribution in [3.8, 4) is 11.1 Å². The molecule has 0 bridgehead atoms. The van der Waals surface area contributed by atoms with Crippen molar-refractivity contribution in [3.63, 3.8) is 0 Å². The molecule has 0 aliphatic heterocycles. The van der Waals surface area contributed by atoms with Gasteiger partial charge in [0.25, 0.3) is 5.91 Å². The molecule has 114 valence electrons. The molecule has 1 heterocycles. The molecule has 0 radical (unpaired) electrons. The van der Waals surface area contributed by atoms with E-state index in [1.807, 2.05) is 36.4 Å². The number of benzene rings is 2. The second-order valence-corrected chi connectivity index (χ2v) is 5.49. The Morgan fingerprint density at radius 2 is 1.61 bits per heavy atom. The highest BCUT2D eigenvalue weighted by Crippen LogP contribution is 2.20. The Kier molecular flexibility index (Phi) is 4.48. The van der Waals surface area contributed by atoms with Crippen molar-refractivity contribution in [1.29, 1.82) is 0 Å². The molecule has 3 heteroatoms. The topological polar surface area (TPSA) is 42.0 Å². The molecular formula is C20H18N2O. The molecule has 0 saturated carbocycles. The quantitative estimate of drug-likeness (QED) is 0.792. The molecule has 0 aliphatic rings. The maximum absolute atomic E-state index is 12.2. The van der Waals surface area contributed by atoms with E-state index >= 15 is 0 Å². The number of nitrogens with one attached hydrogen (secondary N) is 1. The first kappa shape index (κ1) is 15.0. The van der Waals surface area contributed by atoms with Gasteiger partial charge in [-0.05, 0) is 41.8 Å². The number of hydrogen-bond donors (Lipinski definition) is 1. The minimum absolute atomic E-state index is 0.0793. The number of aromatic nitrogens is 1. The highest BCUT2D eigenvalue weighted by Gasteiger charge is 2.06. The fraction of sp³-hybridized carbons (Fsp3) is 0.100. The van der Waals surface area contributed by atoms with Gasteiger partial charge in [-0.2, -0.15) is 0 Å². The molecule has 23 heavy (non-hydrogen) atoms. The minimum Gasteiger partial charge on any atom is -0.348 e. The van der Waals surface area contributed by atoms with Crippen LogP contribution in [0.5, 0.6) is 0 Å². The van der Waals surface area contributed by atoms with Gasteiger partial charge in [-0.15, -0.1) is 0 Å². The maximum atomic E-state index is 12.2. The van der Waals surface area contributed by atoms with Crippen LogP contribution in [-0.2, 0) is 6.54 Å². The first-order valence-corrected chi connectivity index (χ1v) is 7.56. The van der Waals surface area contributed by atoms with Gasteiger partial charge in [0.15, 0.2) is 0 Å². The Labute approximate surface area is 136 Å². The Morgan fingerprint density at radius 1 is 0.957 bits per heavy atom. The van der Waals surface area contributed by atoms with Gasteiger partial charge in [-0.25, -0.2) is 0 Å². The summed E-state index contributed by atoms with van der Waals surface area (Å²) in [7, 11) is 0. The van der Waals surface area contributed by atoms with E-state index in [0.717, 1.165) is 16.7 Å². The highest BCUT2D eigenvalue weighted by atomic mass is 16.1. The van der Waals surface area contributed by atoms with Crippen molar-refractivity contribution in [1.82, 2.24) is 10.3 Å². The summed E-state index contributed by atoms with van der Waals surface area (Å²) >= 11 is 0. The largest absolute Gasteiger partial charge is 0.348 e. The van der Waals surface area contributed by atoms with Crippen molar-refractivity contribution in [3.05, 3.63) is 89.7 Å². The molecule has 0 unspecified atom stereocenters. The molecule has 3 nitrogen and oxygen atoms in total. The Balaban J connectivity index is 1.67. The third-order valence-electron chi connectivity index (χ3n) is 3.71. The second-order valence-electron chi connectivity index (χ2n) is 5.49. The summed E-state index contributed by atoms with van der Waals surface area (Å²) < 4.78 is 0. The number of aryl methyl sites for hydroxylation is 1. The van der Waals surface area contributed by atoms with Crippen molar-refractivity contribution >= 4 is 5.91 Å². The van der Waals surface area contributed by atoms with Gasteiger partial charge in [0.05, 0.1) is 0 Å². The summed E-state index contributed by atoms with van der Waals surface area (Å²) in [4.78, 5) is 16.2. The second kappa shape index (κ2) is 6.88.